The summed E-state index contributed by atoms with van der Waals surface area (Å²) < 4.78 is 0.848. The molecule has 0 spiro atoms. The SMILES string of the molecule is O=C(O)c1ccccc1N=Nc1c(-c2cccc(Br)c2)[nH][nH]c1=O. The number of rotatable bonds is 4. The second kappa shape index (κ2) is 6.63. The van der Waals surface area contributed by atoms with E-state index in [0.717, 1.165) is 10.0 Å². The molecule has 0 fully saturated rings. The van der Waals surface area contributed by atoms with Crippen molar-refractivity contribution in [2.24, 2.45) is 10.2 Å². The molecule has 2 aromatic carbocycles. The van der Waals surface area contributed by atoms with Crippen molar-refractivity contribution in [1.29, 1.82) is 0 Å². The third-order valence-corrected chi connectivity index (χ3v) is 3.75. The summed E-state index contributed by atoms with van der Waals surface area (Å²) in [4.78, 5) is 23.2. The van der Waals surface area contributed by atoms with E-state index in [-0.39, 0.29) is 16.9 Å². The molecule has 0 bridgehead atoms. The quantitative estimate of drug-likeness (QED) is 0.582. The molecule has 0 saturated carbocycles. The minimum atomic E-state index is -1.11. The number of carboxylic acids is 1. The molecule has 0 radical (unpaired) electrons. The molecule has 0 aliphatic rings. The second-order valence-corrected chi connectivity index (χ2v) is 5.75. The van der Waals surface area contributed by atoms with Crippen LogP contribution in [0.25, 0.3) is 11.3 Å². The van der Waals surface area contributed by atoms with Crippen molar-refractivity contribution in [3.63, 3.8) is 0 Å². The van der Waals surface area contributed by atoms with E-state index in [4.69, 9.17) is 5.11 Å². The predicted molar refractivity (Wildman–Crippen MR) is 92.1 cm³/mol. The number of aromatic nitrogens is 2. The lowest BCUT2D eigenvalue weighted by molar-refractivity contribution is 0.0698. The third-order valence-electron chi connectivity index (χ3n) is 3.26. The molecule has 3 aromatic rings. The molecule has 8 heteroatoms. The van der Waals surface area contributed by atoms with E-state index in [2.05, 4.69) is 36.4 Å². The van der Waals surface area contributed by atoms with Gasteiger partial charge in [-0.05, 0) is 24.3 Å². The van der Waals surface area contributed by atoms with Crippen LogP contribution in [-0.4, -0.2) is 21.3 Å². The molecular weight excluding hydrogens is 376 g/mol. The molecule has 0 aliphatic heterocycles. The van der Waals surface area contributed by atoms with Gasteiger partial charge in [-0.2, -0.15) is 0 Å². The van der Waals surface area contributed by atoms with Crippen LogP contribution in [0.5, 0.6) is 0 Å². The van der Waals surface area contributed by atoms with Crippen LogP contribution in [0.1, 0.15) is 10.4 Å². The van der Waals surface area contributed by atoms with Crippen LogP contribution >= 0.6 is 15.9 Å². The Hall–Kier alpha value is -3.00. The van der Waals surface area contributed by atoms with E-state index >= 15 is 0 Å². The van der Waals surface area contributed by atoms with Crippen LogP contribution in [-0.2, 0) is 0 Å². The predicted octanol–water partition coefficient (Wildman–Crippen LogP) is 4.25. The highest BCUT2D eigenvalue weighted by Gasteiger charge is 2.13. The molecule has 0 aliphatic carbocycles. The zero-order valence-electron chi connectivity index (χ0n) is 12.2. The number of carboxylic acid groups (broad SMARTS) is 1. The number of aromatic amines is 2. The van der Waals surface area contributed by atoms with Crippen molar-refractivity contribution in [2.75, 3.05) is 0 Å². The number of aromatic carboxylic acids is 1. The molecule has 3 rings (SSSR count). The van der Waals surface area contributed by atoms with Gasteiger partial charge in [-0.3, -0.25) is 15.0 Å². The van der Waals surface area contributed by atoms with Gasteiger partial charge in [0.15, 0.2) is 5.69 Å². The molecule has 7 nitrogen and oxygen atoms in total. The highest BCUT2D eigenvalue weighted by Crippen LogP contribution is 2.29. The fraction of sp³-hybridized carbons (Fsp3) is 0. The Labute approximate surface area is 144 Å². The molecule has 1 heterocycles. The Morgan fingerprint density at radius 1 is 1.04 bits per heavy atom. The maximum absolute atomic E-state index is 12.0. The summed E-state index contributed by atoms with van der Waals surface area (Å²) in [5.74, 6) is -1.11. The number of benzene rings is 2. The Kier molecular flexibility index (Phi) is 4.39. The topological polar surface area (TPSA) is 111 Å². The summed E-state index contributed by atoms with van der Waals surface area (Å²) in [6, 6.07) is 13.5. The number of H-pyrrole nitrogens is 2. The lowest BCUT2D eigenvalue weighted by Gasteiger charge is -2.00. The maximum atomic E-state index is 12.0. The van der Waals surface area contributed by atoms with Crippen molar-refractivity contribution in [3.05, 3.63) is 68.9 Å². The molecule has 3 N–H and O–H groups in total. The van der Waals surface area contributed by atoms with Crippen LogP contribution in [0, 0.1) is 0 Å². The van der Waals surface area contributed by atoms with E-state index < -0.39 is 11.5 Å². The first kappa shape index (κ1) is 15.9. The Balaban J connectivity index is 2.05. The largest absolute Gasteiger partial charge is 0.478 e. The minimum Gasteiger partial charge on any atom is -0.478 e. The van der Waals surface area contributed by atoms with E-state index in [1.807, 2.05) is 24.3 Å². The molecule has 0 amide bonds. The Morgan fingerprint density at radius 3 is 2.58 bits per heavy atom. The number of hydrogen-bond donors (Lipinski definition) is 3. The van der Waals surface area contributed by atoms with Crippen molar-refractivity contribution in [3.8, 4) is 11.3 Å². The Bertz CT molecular complexity index is 991. The summed E-state index contributed by atoms with van der Waals surface area (Å²) >= 11 is 3.37. The van der Waals surface area contributed by atoms with Gasteiger partial charge in [0.1, 0.15) is 5.69 Å². The van der Waals surface area contributed by atoms with Gasteiger partial charge in [0.25, 0.3) is 5.56 Å². The standard InChI is InChI=1S/C16H11BrN4O3/c17-10-5-3-4-9(8-10)13-14(15(22)21-19-13)20-18-12-7-2-1-6-11(12)16(23)24/h1-8H,(H,23,24)(H2,19,21,22). The van der Waals surface area contributed by atoms with Gasteiger partial charge < -0.3 is 5.11 Å². The normalized spacial score (nSPS) is 11.0. The van der Waals surface area contributed by atoms with Gasteiger partial charge in [0.2, 0.25) is 0 Å². The summed E-state index contributed by atoms with van der Waals surface area (Å²) in [5, 5.41) is 22.3. The lowest BCUT2D eigenvalue weighted by Crippen LogP contribution is -1.97. The first-order chi connectivity index (χ1) is 11.6. The highest BCUT2D eigenvalue weighted by atomic mass is 79.9. The van der Waals surface area contributed by atoms with Crippen molar-refractivity contribution in [2.45, 2.75) is 0 Å². The minimum absolute atomic E-state index is 0.0113. The van der Waals surface area contributed by atoms with Crippen molar-refractivity contribution >= 4 is 33.3 Å². The molecule has 120 valence electrons. The lowest BCUT2D eigenvalue weighted by atomic mass is 10.1. The van der Waals surface area contributed by atoms with Gasteiger partial charge in [-0.1, -0.05) is 40.2 Å². The fourth-order valence-electron chi connectivity index (χ4n) is 2.15. The first-order valence-corrected chi connectivity index (χ1v) is 7.66. The zero-order valence-corrected chi connectivity index (χ0v) is 13.7. The number of carbonyl (C=O) groups is 1. The van der Waals surface area contributed by atoms with Gasteiger partial charge in [-0.15, -0.1) is 10.2 Å². The number of nitrogens with one attached hydrogen (secondary N) is 2. The zero-order chi connectivity index (χ0) is 17.1. The van der Waals surface area contributed by atoms with Crippen LogP contribution in [0.4, 0.5) is 11.4 Å². The average molecular weight is 387 g/mol. The Morgan fingerprint density at radius 2 is 1.83 bits per heavy atom. The molecule has 24 heavy (non-hydrogen) atoms. The summed E-state index contributed by atoms with van der Waals surface area (Å²) in [7, 11) is 0. The molecule has 0 unspecified atom stereocenters. The molecule has 0 atom stereocenters. The highest BCUT2D eigenvalue weighted by molar-refractivity contribution is 9.10. The average Bonchev–Trinajstić information content (AvgIpc) is 2.94. The van der Waals surface area contributed by atoms with E-state index in [0.29, 0.717) is 5.69 Å². The fourth-order valence-corrected chi connectivity index (χ4v) is 2.54. The van der Waals surface area contributed by atoms with Crippen molar-refractivity contribution < 1.29 is 9.90 Å². The van der Waals surface area contributed by atoms with Crippen molar-refractivity contribution in [1.82, 2.24) is 10.2 Å². The van der Waals surface area contributed by atoms with Gasteiger partial charge >= 0.3 is 5.97 Å². The van der Waals surface area contributed by atoms with E-state index in [1.54, 1.807) is 12.1 Å². The molecule has 1 aromatic heterocycles. The monoisotopic (exact) mass is 386 g/mol. The van der Waals surface area contributed by atoms with Crippen LogP contribution in [0.15, 0.2) is 68.0 Å². The summed E-state index contributed by atoms with van der Waals surface area (Å²) in [6.07, 6.45) is 0. The second-order valence-electron chi connectivity index (χ2n) is 4.84. The number of azo groups is 1. The number of hydrogen-bond acceptors (Lipinski definition) is 4. The van der Waals surface area contributed by atoms with Gasteiger partial charge in [-0.25, -0.2) is 4.79 Å². The summed E-state index contributed by atoms with van der Waals surface area (Å²) in [6.45, 7) is 0. The summed E-state index contributed by atoms with van der Waals surface area (Å²) in [5.41, 5.74) is 1.03. The maximum Gasteiger partial charge on any atom is 0.337 e. The third kappa shape index (κ3) is 3.18. The number of nitrogens with zero attached hydrogens (tertiary/aromatic N) is 2. The molecular formula is C16H11BrN4O3. The van der Waals surface area contributed by atoms with Crippen LogP contribution < -0.4 is 5.56 Å². The van der Waals surface area contributed by atoms with Gasteiger partial charge in [0, 0.05) is 10.0 Å². The van der Waals surface area contributed by atoms with Crippen LogP contribution in [0.2, 0.25) is 0 Å². The first-order valence-electron chi connectivity index (χ1n) is 6.87. The number of halogens is 1. The van der Waals surface area contributed by atoms with E-state index in [1.165, 1.54) is 12.1 Å². The smallest absolute Gasteiger partial charge is 0.337 e. The molecule has 0 saturated heterocycles. The van der Waals surface area contributed by atoms with Gasteiger partial charge in [0.05, 0.1) is 11.3 Å². The van der Waals surface area contributed by atoms with Crippen LogP contribution in [0.3, 0.4) is 0 Å². The van der Waals surface area contributed by atoms with E-state index in [9.17, 15) is 9.59 Å².